The number of thiophene rings is 1. The molecule has 5 nitrogen and oxygen atoms in total. The number of nitrogens with zero attached hydrogens (tertiary/aromatic N) is 3. The molecule has 2 aliphatic rings. The summed E-state index contributed by atoms with van der Waals surface area (Å²) in [5, 5.41) is 40.3. The van der Waals surface area contributed by atoms with Gasteiger partial charge in [-0.15, -0.1) is 11.3 Å². The molecule has 1 aliphatic heterocycles. The van der Waals surface area contributed by atoms with Crippen molar-refractivity contribution in [3.05, 3.63) is 33.5 Å². The molecule has 0 amide bonds. The zero-order valence-electron chi connectivity index (χ0n) is 15.2. The molecule has 3 rings (SSSR count). The predicted octanol–water partition coefficient (Wildman–Crippen LogP) is 2.20. The van der Waals surface area contributed by atoms with Gasteiger partial charge in [-0.2, -0.15) is 15.8 Å². The quantitative estimate of drug-likeness (QED) is 0.787. The van der Waals surface area contributed by atoms with E-state index >= 15 is 0 Å². The third kappa shape index (κ3) is 2.48. The zero-order chi connectivity index (χ0) is 19.1. The van der Waals surface area contributed by atoms with Crippen molar-refractivity contribution in [3.8, 4) is 18.2 Å². The lowest BCUT2D eigenvalue weighted by Gasteiger charge is -2.46. The fourth-order valence-electron chi connectivity index (χ4n) is 4.37. The predicted molar refractivity (Wildman–Crippen MR) is 99.7 cm³/mol. The summed E-state index contributed by atoms with van der Waals surface area (Å²) in [6.07, 6.45) is 2.08. The first-order valence-corrected chi connectivity index (χ1v) is 9.68. The molecule has 0 spiro atoms. The van der Waals surface area contributed by atoms with Gasteiger partial charge in [0, 0.05) is 16.7 Å². The van der Waals surface area contributed by atoms with Crippen LogP contribution in [0.3, 0.4) is 0 Å². The average Bonchev–Trinajstić information content (AvgIpc) is 3.05. The van der Waals surface area contributed by atoms with Crippen molar-refractivity contribution < 1.29 is 4.90 Å². The molecule has 1 aromatic heterocycles. The molecule has 2 heterocycles. The highest BCUT2D eigenvalue weighted by atomic mass is 32.1. The number of quaternary nitrogens is 1. The molecule has 0 aromatic carbocycles. The SMILES string of the molecule is Cc1ccsc1[C@@H]1[C@@H]2C[NH+](C(C)C)CC=C2[C@@H](C#N)C(=N)C1(C#N)C#N. The van der Waals surface area contributed by atoms with Crippen LogP contribution < -0.4 is 4.90 Å². The van der Waals surface area contributed by atoms with Crippen molar-refractivity contribution in [2.75, 3.05) is 13.1 Å². The van der Waals surface area contributed by atoms with E-state index in [4.69, 9.17) is 5.41 Å². The van der Waals surface area contributed by atoms with E-state index in [1.165, 1.54) is 4.90 Å². The van der Waals surface area contributed by atoms with Crippen LogP contribution >= 0.6 is 11.3 Å². The van der Waals surface area contributed by atoms with Gasteiger partial charge in [-0.3, -0.25) is 0 Å². The standard InChI is InChI=1S/C20H21N5S/c1-12(2)25-6-4-14-15(8-21)19(24)20(10-22,11-23)17(16(14)9-25)18-13(3)5-7-26-18/h4-5,7,12,15-17,24H,6,9H2,1-3H3/p+1/t15-,16-,17+/m1/s1. The largest absolute Gasteiger partial charge is 0.329 e. The molecule has 0 bridgehead atoms. The Morgan fingerprint density at radius 1 is 1.31 bits per heavy atom. The highest BCUT2D eigenvalue weighted by molar-refractivity contribution is 7.10. The lowest BCUT2D eigenvalue weighted by atomic mass is 9.55. The van der Waals surface area contributed by atoms with E-state index in [0.717, 1.165) is 29.1 Å². The Kier molecular flexibility index (Phi) is 4.72. The molecule has 1 unspecified atom stereocenters. The average molecular weight is 364 g/mol. The molecule has 0 saturated heterocycles. The van der Waals surface area contributed by atoms with Crippen molar-refractivity contribution in [1.29, 1.82) is 21.2 Å². The summed E-state index contributed by atoms with van der Waals surface area (Å²) >= 11 is 1.55. The van der Waals surface area contributed by atoms with Gasteiger partial charge < -0.3 is 10.3 Å². The Morgan fingerprint density at radius 2 is 2.00 bits per heavy atom. The van der Waals surface area contributed by atoms with Gasteiger partial charge in [0.1, 0.15) is 5.92 Å². The summed E-state index contributed by atoms with van der Waals surface area (Å²) in [4.78, 5) is 2.38. The zero-order valence-corrected chi connectivity index (χ0v) is 16.0. The van der Waals surface area contributed by atoms with Crippen molar-refractivity contribution >= 4 is 17.0 Å². The topological polar surface area (TPSA) is 99.7 Å². The normalized spacial score (nSPS) is 29.9. The number of rotatable bonds is 2. The Balaban J connectivity index is 2.25. The van der Waals surface area contributed by atoms with Gasteiger partial charge in [-0.1, -0.05) is 0 Å². The van der Waals surface area contributed by atoms with Crippen molar-refractivity contribution in [2.24, 2.45) is 17.3 Å². The fourth-order valence-corrected chi connectivity index (χ4v) is 5.53. The minimum Gasteiger partial charge on any atom is -0.329 e. The maximum atomic E-state index is 10.0. The maximum absolute atomic E-state index is 10.0. The maximum Gasteiger partial charge on any atom is 0.190 e. The minimum atomic E-state index is -1.59. The van der Waals surface area contributed by atoms with E-state index in [2.05, 4.69) is 38.1 Å². The van der Waals surface area contributed by atoms with E-state index in [1.807, 2.05) is 18.4 Å². The number of hydrogen-bond acceptors (Lipinski definition) is 5. The van der Waals surface area contributed by atoms with Crippen LogP contribution in [0.1, 0.15) is 30.2 Å². The molecule has 2 N–H and O–H groups in total. The van der Waals surface area contributed by atoms with Crippen LogP contribution in [-0.2, 0) is 0 Å². The monoisotopic (exact) mass is 364 g/mol. The first-order chi connectivity index (χ1) is 12.4. The summed E-state index contributed by atoms with van der Waals surface area (Å²) in [6.45, 7) is 7.91. The third-order valence-corrected chi connectivity index (χ3v) is 7.01. The Morgan fingerprint density at radius 3 is 2.50 bits per heavy atom. The van der Waals surface area contributed by atoms with Gasteiger partial charge in [-0.05, 0) is 49.4 Å². The molecule has 1 saturated carbocycles. The number of nitriles is 3. The van der Waals surface area contributed by atoms with Gasteiger partial charge >= 0.3 is 0 Å². The summed E-state index contributed by atoms with van der Waals surface area (Å²) in [5.74, 6) is -1.24. The second-order valence-electron chi connectivity index (χ2n) is 7.48. The van der Waals surface area contributed by atoms with Crippen molar-refractivity contribution in [3.63, 3.8) is 0 Å². The van der Waals surface area contributed by atoms with Crippen LogP contribution in [-0.4, -0.2) is 24.8 Å². The number of hydrogen-bond donors (Lipinski definition) is 2. The van der Waals surface area contributed by atoms with Crippen LogP contribution in [0.15, 0.2) is 23.1 Å². The fraction of sp³-hybridized carbons (Fsp3) is 0.500. The third-order valence-electron chi connectivity index (χ3n) is 5.91. The molecular weight excluding hydrogens is 342 g/mol. The highest BCUT2D eigenvalue weighted by Gasteiger charge is 2.59. The molecule has 1 aliphatic carbocycles. The molecule has 4 atom stereocenters. The summed E-state index contributed by atoms with van der Waals surface area (Å²) in [7, 11) is 0. The highest BCUT2D eigenvalue weighted by Crippen LogP contribution is 2.54. The van der Waals surface area contributed by atoms with Gasteiger partial charge in [0.2, 0.25) is 0 Å². The Bertz CT molecular complexity index is 875. The first-order valence-electron chi connectivity index (χ1n) is 8.80. The second kappa shape index (κ2) is 6.69. The first kappa shape index (κ1) is 18.3. The molecule has 0 radical (unpaired) electrons. The number of aryl methyl sites for hydroxylation is 1. The van der Waals surface area contributed by atoms with Crippen LogP contribution in [0.2, 0.25) is 0 Å². The summed E-state index contributed by atoms with van der Waals surface area (Å²) in [5.41, 5.74) is 0.338. The smallest absolute Gasteiger partial charge is 0.190 e. The van der Waals surface area contributed by atoms with E-state index in [-0.39, 0.29) is 11.6 Å². The summed E-state index contributed by atoms with van der Waals surface area (Å²) in [6, 6.07) is 8.93. The van der Waals surface area contributed by atoms with Gasteiger partial charge in [-0.25, -0.2) is 0 Å². The molecule has 6 heteroatoms. The number of fused-ring (bicyclic) bond motifs is 1. The van der Waals surface area contributed by atoms with Gasteiger partial charge in [0.25, 0.3) is 0 Å². The Labute approximate surface area is 158 Å². The van der Waals surface area contributed by atoms with Crippen LogP contribution in [0.4, 0.5) is 0 Å². The van der Waals surface area contributed by atoms with Gasteiger partial charge in [0.05, 0.1) is 43.1 Å². The molecule has 1 fully saturated rings. The van der Waals surface area contributed by atoms with Gasteiger partial charge in [0.15, 0.2) is 5.41 Å². The van der Waals surface area contributed by atoms with Crippen LogP contribution in [0.5, 0.6) is 0 Å². The van der Waals surface area contributed by atoms with Crippen molar-refractivity contribution in [2.45, 2.75) is 32.7 Å². The Hall–Kier alpha value is -2.46. The second-order valence-corrected chi connectivity index (χ2v) is 8.43. The molecular formula is C20H22N5S+. The van der Waals surface area contributed by atoms with E-state index in [0.29, 0.717) is 6.04 Å². The lowest BCUT2D eigenvalue weighted by molar-refractivity contribution is -0.920. The van der Waals surface area contributed by atoms with Crippen LogP contribution in [0, 0.1) is 63.6 Å². The molecule has 26 heavy (non-hydrogen) atoms. The lowest BCUT2D eigenvalue weighted by Crippen LogP contribution is -3.16. The van der Waals surface area contributed by atoms with E-state index in [9.17, 15) is 15.8 Å². The molecule has 1 aromatic rings. The van der Waals surface area contributed by atoms with Crippen LogP contribution in [0.25, 0.3) is 0 Å². The summed E-state index contributed by atoms with van der Waals surface area (Å²) < 4.78 is 0. The molecule has 132 valence electrons. The minimum absolute atomic E-state index is 0.0571. The van der Waals surface area contributed by atoms with Crippen molar-refractivity contribution in [1.82, 2.24) is 0 Å². The number of nitrogens with one attached hydrogen (secondary N) is 2. The van der Waals surface area contributed by atoms with E-state index in [1.54, 1.807) is 11.3 Å². The van der Waals surface area contributed by atoms with E-state index < -0.39 is 17.3 Å².